The van der Waals surface area contributed by atoms with E-state index in [9.17, 15) is 9.59 Å². The predicted octanol–water partition coefficient (Wildman–Crippen LogP) is 2.64. The SMILES string of the molecule is Cl.Cl.O=C(NCc1cc2n(n1)CCCNC2)c1c[nH]c2cc(Cl)ccc2c1=O. The van der Waals surface area contributed by atoms with Gasteiger partial charge in [-0.25, -0.2) is 0 Å². The summed E-state index contributed by atoms with van der Waals surface area (Å²) < 4.78 is 1.97. The second kappa shape index (κ2) is 9.43. The van der Waals surface area contributed by atoms with Gasteiger partial charge in [0.25, 0.3) is 5.91 Å². The van der Waals surface area contributed by atoms with Gasteiger partial charge in [-0.05, 0) is 37.2 Å². The highest BCUT2D eigenvalue weighted by Gasteiger charge is 2.15. The number of rotatable bonds is 3. The molecular weight excluding hydrogens is 425 g/mol. The molecule has 0 radical (unpaired) electrons. The Morgan fingerprint density at radius 1 is 1.29 bits per heavy atom. The van der Waals surface area contributed by atoms with Crippen LogP contribution in [-0.4, -0.2) is 27.2 Å². The van der Waals surface area contributed by atoms with Crippen LogP contribution in [0.25, 0.3) is 10.9 Å². The summed E-state index contributed by atoms with van der Waals surface area (Å²) in [5.74, 6) is -0.426. The second-order valence-electron chi connectivity index (χ2n) is 6.28. The largest absolute Gasteiger partial charge is 0.360 e. The van der Waals surface area contributed by atoms with Gasteiger partial charge in [-0.1, -0.05) is 11.6 Å². The molecule has 1 aliphatic rings. The van der Waals surface area contributed by atoms with Crippen molar-refractivity contribution in [3.63, 3.8) is 0 Å². The van der Waals surface area contributed by atoms with Crippen LogP contribution in [0.3, 0.4) is 0 Å². The lowest BCUT2D eigenvalue weighted by atomic mass is 10.1. The highest BCUT2D eigenvalue weighted by Crippen LogP contribution is 2.15. The minimum atomic E-state index is -0.426. The predicted molar refractivity (Wildman–Crippen MR) is 114 cm³/mol. The van der Waals surface area contributed by atoms with Crippen LogP contribution in [-0.2, 0) is 19.6 Å². The number of carbonyl (C=O) groups excluding carboxylic acids is 1. The first-order valence-electron chi connectivity index (χ1n) is 8.47. The van der Waals surface area contributed by atoms with Crippen molar-refractivity contribution in [2.75, 3.05) is 6.54 Å². The number of aromatic amines is 1. The topological polar surface area (TPSA) is 91.8 Å². The Morgan fingerprint density at radius 3 is 2.93 bits per heavy atom. The Balaban J connectivity index is 0.00000140. The maximum atomic E-state index is 12.5. The first kappa shape index (κ1) is 22.2. The molecule has 0 aliphatic carbocycles. The average molecular weight is 445 g/mol. The van der Waals surface area contributed by atoms with Crippen molar-refractivity contribution < 1.29 is 4.79 Å². The van der Waals surface area contributed by atoms with Gasteiger partial charge in [0.05, 0.1) is 23.4 Å². The number of benzene rings is 1. The van der Waals surface area contributed by atoms with Crippen LogP contribution in [0.1, 0.15) is 28.2 Å². The minimum Gasteiger partial charge on any atom is -0.360 e. The number of amides is 1. The van der Waals surface area contributed by atoms with Crippen molar-refractivity contribution in [3.05, 3.63) is 62.7 Å². The molecule has 28 heavy (non-hydrogen) atoms. The Labute approximate surface area is 178 Å². The molecule has 0 unspecified atom stereocenters. The standard InChI is InChI=1S/C18H18ClN5O2.2ClH/c19-11-2-3-14-16(6-11)21-10-15(17(14)25)18(26)22-8-12-7-13-9-20-4-1-5-24(13)23-12;;/h2-3,6-7,10,20H,1,4-5,8-9H2,(H,21,25)(H,22,26);2*1H. The van der Waals surface area contributed by atoms with Crippen LogP contribution in [0.5, 0.6) is 0 Å². The lowest BCUT2D eigenvalue weighted by molar-refractivity contribution is 0.0949. The van der Waals surface area contributed by atoms with Crippen LogP contribution in [0.2, 0.25) is 5.02 Å². The Kier molecular flexibility index (Phi) is 7.48. The fraction of sp³-hybridized carbons (Fsp3) is 0.278. The van der Waals surface area contributed by atoms with E-state index < -0.39 is 5.91 Å². The normalized spacial score (nSPS) is 13.0. The van der Waals surface area contributed by atoms with E-state index in [2.05, 4.69) is 20.7 Å². The number of aromatic nitrogens is 3. The van der Waals surface area contributed by atoms with Crippen LogP contribution in [0, 0.1) is 0 Å². The fourth-order valence-electron chi connectivity index (χ4n) is 3.14. The molecule has 0 atom stereocenters. The summed E-state index contributed by atoms with van der Waals surface area (Å²) in [4.78, 5) is 27.9. The van der Waals surface area contributed by atoms with Gasteiger partial charge in [-0.2, -0.15) is 5.10 Å². The number of hydrogen-bond donors (Lipinski definition) is 3. The molecule has 10 heteroatoms. The third-order valence-corrected chi connectivity index (χ3v) is 4.70. The molecule has 0 bridgehead atoms. The van der Waals surface area contributed by atoms with Gasteiger partial charge in [-0.3, -0.25) is 14.3 Å². The van der Waals surface area contributed by atoms with E-state index in [0.717, 1.165) is 37.4 Å². The smallest absolute Gasteiger partial charge is 0.257 e. The number of H-pyrrole nitrogens is 1. The molecule has 0 saturated heterocycles. The molecule has 3 aromatic rings. The number of nitrogens with one attached hydrogen (secondary N) is 3. The molecular formula is C18H20Cl3N5O2. The zero-order chi connectivity index (χ0) is 18.1. The Hall–Kier alpha value is -2.06. The molecule has 1 amide bonds. The lowest BCUT2D eigenvalue weighted by Gasteiger charge is -2.05. The molecule has 3 heterocycles. The Morgan fingerprint density at radius 2 is 2.11 bits per heavy atom. The number of halogens is 3. The monoisotopic (exact) mass is 443 g/mol. The molecule has 150 valence electrons. The summed E-state index contributed by atoms with van der Waals surface area (Å²) in [6, 6.07) is 6.89. The van der Waals surface area contributed by atoms with Crippen molar-refractivity contribution in [2.24, 2.45) is 0 Å². The Bertz CT molecular complexity index is 1020. The quantitative estimate of drug-likeness (QED) is 0.579. The van der Waals surface area contributed by atoms with Gasteiger partial charge in [0.2, 0.25) is 5.43 Å². The fourth-order valence-corrected chi connectivity index (χ4v) is 3.31. The van der Waals surface area contributed by atoms with Gasteiger partial charge in [0.1, 0.15) is 5.56 Å². The lowest BCUT2D eigenvalue weighted by Crippen LogP contribution is -2.28. The maximum Gasteiger partial charge on any atom is 0.257 e. The highest BCUT2D eigenvalue weighted by molar-refractivity contribution is 6.31. The molecule has 1 aliphatic heterocycles. The molecule has 3 N–H and O–H groups in total. The summed E-state index contributed by atoms with van der Waals surface area (Å²) in [6.45, 7) is 2.89. The molecule has 0 fully saturated rings. The summed E-state index contributed by atoms with van der Waals surface area (Å²) >= 11 is 5.93. The van der Waals surface area contributed by atoms with E-state index in [0.29, 0.717) is 15.9 Å². The van der Waals surface area contributed by atoms with Crippen molar-refractivity contribution in [3.8, 4) is 0 Å². The number of nitrogens with zero attached hydrogens (tertiary/aromatic N) is 2. The summed E-state index contributed by atoms with van der Waals surface area (Å²) in [5.41, 5.74) is 2.23. The summed E-state index contributed by atoms with van der Waals surface area (Å²) in [7, 11) is 0. The number of fused-ring (bicyclic) bond motifs is 2. The van der Waals surface area contributed by atoms with Gasteiger partial charge in [0, 0.05) is 29.7 Å². The van der Waals surface area contributed by atoms with Gasteiger partial charge < -0.3 is 15.6 Å². The zero-order valence-corrected chi connectivity index (χ0v) is 17.2. The zero-order valence-electron chi connectivity index (χ0n) is 14.8. The first-order chi connectivity index (χ1) is 12.6. The molecule has 0 spiro atoms. The van der Waals surface area contributed by atoms with Crippen molar-refractivity contribution in [1.29, 1.82) is 0 Å². The first-order valence-corrected chi connectivity index (χ1v) is 8.85. The van der Waals surface area contributed by atoms with Crippen molar-refractivity contribution >= 4 is 53.2 Å². The van der Waals surface area contributed by atoms with E-state index in [-0.39, 0.29) is 42.4 Å². The second-order valence-corrected chi connectivity index (χ2v) is 6.72. The van der Waals surface area contributed by atoms with Gasteiger partial charge >= 0.3 is 0 Å². The van der Waals surface area contributed by atoms with Crippen LogP contribution >= 0.6 is 36.4 Å². The number of hydrogen-bond acceptors (Lipinski definition) is 4. The number of pyridine rings is 1. The van der Waals surface area contributed by atoms with Gasteiger partial charge in [0.15, 0.2) is 0 Å². The molecule has 1 aromatic carbocycles. The van der Waals surface area contributed by atoms with E-state index in [1.54, 1.807) is 18.2 Å². The van der Waals surface area contributed by atoms with E-state index in [1.807, 2.05) is 10.7 Å². The van der Waals surface area contributed by atoms with Gasteiger partial charge in [-0.15, -0.1) is 24.8 Å². The number of aryl methyl sites for hydroxylation is 1. The molecule has 2 aromatic heterocycles. The molecule has 7 nitrogen and oxygen atoms in total. The van der Waals surface area contributed by atoms with E-state index in [4.69, 9.17) is 11.6 Å². The third kappa shape index (κ3) is 4.50. The average Bonchev–Trinajstić information content (AvgIpc) is 2.89. The van der Waals surface area contributed by atoms with Crippen molar-refractivity contribution in [1.82, 2.24) is 25.4 Å². The van der Waals surface area contributed by atoms with Crippen LogP contribution < -0.4 is 16.1 Å². The molecule has 0 saturated carbocycles. The minimum absolute atomic E-state index is 0. The third-order valence-electron chi connectivity index (χ3n) is 4.46. The molecule has 4 rings (SSSR count). The summed E-state index contributed by atoms with van der Waals surface area (Å²) in [5, 5.41) is 11.6. The highest BCUT2D eigenvalue weighted by atomic mass is 35.5. The van der Waals surface area contributed by atoms with Crippen LogP contribution in [0.15, 0.2) is 35.3 Å². The van der Waals surface area contributed by atoms with E-state index in [1.165, 1.54) is 6.20 Å². The van der Waals surface area contributed by atoms with Crippen molar-refractivity contribution in [2.45, 2.75) is 26.1 Å². The van der Waals surface area contributed by atoms with E-state index >= 15 is 0 Å². The number of carbonyl (C=O) groups is 1. The summed E-state index contributed by atoms with van der Waals surface area (Å²) in [6.07, 6.45) is 2.44. The maximum absolute atomic E-state index is 12.5. The van der Waals surface area contributed by atoms with Crippen LogP contribution in [0.4, 0.5) is 0 Å².